The molecule has 1 heterocycles. The van der Waals surface area contributed by atoms with Gasteiger partial charge in [-0.05, 0) is 37.0 Å². The van der Waals surface area contributed by atoms with E-state index in [0.717, 1.165) is 29.8 Å². The molecule has 0 spiro atoms. The minimum Gasteiger partial charge on any atom is -0.356 e. The summed E-state index contributed by atoms with van der Waals surface area (Å²) in [5.41, 5.74) is 1.16. The van der Waals surface area contributed by atoms with Crippen molar-refractivity contribution in [3.8, 4) is 0 Å². The monoisotopic (exact) mass is 308 g/mol. The number of carbonyl (C=O) groups excluding carboxylic acids is 2. The third-order valence-electron chi connectivity index (χ3n) is 3.94. The van der Waals surface area contributed by atoms with E-state index in [0.29, 0.717) is 19.6 Å². The molecule has 4 nitrogen and oxygen atoms in total. The highest BCUT2D eigenvalue weighted by Crippen LogP contribution is 2.17. The van der Waals surface area contributed by atoms with Crippen LogP contribution in [0.5, 0.6) is 0 Å². The molecule has 0 bridgehead atoms. The molecule has 0 saturated carbocycles. The lowest BCUT2D eigenvalue weighted by Crippen LogP contribution is -2.42. The van der Waals surface area contributed by atoms with Crippen molar-refractivity contribution in [2.75, 3.05) is 19.6 Å². The van der Waals surface area contributed by atoms with Crippen LogP contribution in [0.15, 0.2) is 24.3 Å². The Bertz CT molecular complexity index is 494. The molecule has 21 heavy (non-hydrogen) atoms. The van der Waals surface area contributed by atoms with Crippen LogP contribution in [0, 0.1) is 5.92 Å². The molecule has 2 amide bonds. The van der Waals surface area contributed by atoms with E-state index in [-0.39, 0.29) is 17.7 Å². The van der Waals surface area contributed by atoms with Crippen LogP contribution in [-0.2, 0) is 16.0 Å². The van der Waals surface area contributed by atoms with Gasteiger partial charge < -0.3 is 10.2 Å². The summed E-state index contributed by atoms with van der Waals surface area (Å²) in [4.78, 5) is 25.1. The molecule has 0 unspecified atom stereocenters. The predicted octanol–water partition coefficient (Wildman–Crippen LogP) is 2.26. The second-order valence-electron chi connectivity index (χ2n) is 5.45. The Morgan fingerprint density at radius 1 is 1.24 bits per heavy atom. The van der Waals surface area contributed by atoms with Crippen LogP contribution in [-0.4, -0.2) is 36.3 Å². The summed E-state index contributed by atoms with van der Waals surface area (Å²) >= 11 is 5.83. The average molecular weight is 309 g/mol. The molecule has 0 atom stereocenters. The van der Waals surface area contributed by atoms with Crippen LogP contribution >= 0.6 is 11.6 Å². The SMILES string of the molecule is CC(=O)N1CCC(C(=O)NCCc2ccc(Cl)cc2)CC1. The van der Waals surface area contributed by atoms with E-state index in [1.807, 2.05) is 24.3 Å². The van der Waals surface area contributed by atoms with Gasteiger partial charge in [0.1, 0.15) is 0 Å². The highest BCUT2D eigenvalue weighted by molar-refractivity contribution is 6.30. The molecule has 0 aromatic heterocycles. The molecule has 5 heteroatoms. The molecule has 114 valence electrons. The first kappa shape index (κ1) is 15.8. The number of nitrogens with one attached hydrogen (secondary N) is 1. The van der Waals surface area contributed by atoms with Crippen molar-refractivity contribution in [2.24, 2.45) is 5.92 Å². The van der Waals surface area contributed by atoms with E-state index < -0.39 is 0 Å². The molecule has 1 aliphatic rings. The van der Waals surface area contributed by atoms with E-state index in [4.69, 9.17) is 11.6 Å². The lowest BCUT2D eigenvalue weighted by molar-refractivity contribution is -0.133. The Hall–Kier alpha value is -1.55. The summed E-state index contributed by atoms with van der Waals surface area (Å²) in [7, 11) is 0. The Morgan fingerprint density at radius 2 is 1.86 bits per heavy atom. The van der Waals surface area contributed by atoms with Crippen LogP contribution in [0.2, 0.25) is 5.02 Å². The maximum Gasteiger partial charge on any atom is 0.223 e. The zero-order valence-electron chi connectivity index (χ0n) is 12.3. The lowest BCUT2D eigenvalue weighted by atomic mass is 9.96. The molecule has 1 N–H and O–H groups in total. The van der Waals surface area contributed by atoms with Gasteiger partial charge in [-0.25, -0.2) is 0 Å². The fourth-order valence-electron chi connectivity index (χ4n) is 2.58. The van der Waals surface area contributed by atoms with Crippen molar-refractivity contribution < 1.29 is 9.59 Å². The first-order valence-corrected chi connectivity index (χ1v) is 7.71. The second-order valence-corrected chi connectivity index (χ2v) is 5.88. The number of piperidine rings is 1. The van der Waals surface area contributed by atoms with E-state index in [1.165, 1.54) is 0 Å². The predicted molar refractivity (Wildman–Crippen MR) is 83.1 cm³/mol. The summed E-state index contributed by atoms with van der Waals surface area (Å²) in [6, 6.07) is 7.66. The van der Waals surface area contributed by atoms with Gasteiger partial charge in [0.05, 0.1) is 0 Å². The van der Waals surface area contributed by atoms with Crippen molar-refractivity contribution in [1.82, 2.24) is 10.2 Å². The maximum absolute atomic E-state index is 12.1. The standard InChI is InChI=1S/C16H21ClN2O2/c1-12(20)19-10-7-14(8-11-19)16(21)18-9-6-13-2-4-15(17)5-3-13/h2-5,14H,6-11H2,1H3,(H,18,21). The molecule has 1 aromatic rings. The zero-order valence-corrected chi connectivity index (χ0v) is 13.0. The number of carbonyl (C=O) groups is 2. The topological polar surface area (TPSA) is 49.4 Å². The first-order valence-electron chi connectivity index (χ1n) is 7.34. The zero-order chi connectivity index (χ0) is 15.2. The molecule has 1 fully saturated rings. The van der Waals surface area contributed by atoms with Crippen LogP contribution in [0.4, 0.5) is 0 Å². The molecule has 0 radical (unpaired) electrons. The fraction of sp³-hybridized carbons (Fsp3) is 0.500. The van der Waals surface area contributed by atoms with Gasteiger partial charge in [-0.2, -0.15) is 0 Å². The largest absolute Gasteiger partial charge is 0.356 e. The summed E-state index contributed by atoms with van der Waals surface area (Å²) < 4.78 is 0. The maximum atomic E-state index is 12.1. The molecule has 2 rings (SSSR count). The minimum atomic E-state index is 0.0332. The average Bonchev–Trinajstić information content (AvgIpc) is 2.49. The normalized spacial score (nSPS) is 15.8. The number of hydrogen-bond acceptors (Lipinski definition) is 2. The number of rotatable bonds is 4. The highest BCUT2D eigenvalue weighted by Gasteiger charge is 2.25. The van der Waals surface area contributed by atoms with E-state index in [9.17, 15) is 9.59 Å². The van der Waals surface area contributed by atoms with E-state index >= 15 is 0 Å². The summed E-state index contributed by atoms with van der Waals surface area (Å²) in [5.74, 6) is 0.231. The van der Waals surface area contributed by atoms with Gasteiger partial charge in [0.2, 0.25) is 11.8 Å². The quantitative estimate of drug-likeness (QED) is 0.927. The van der Waals surface area contributed by atoms with Crippen LogP contribution in [0.3, 0.4) is 0 Å². The van der Waals surface area contributed by atoms with Gasteiger partial charge in [0.15, 0.2) is 0 Å². The third-order valence-corrected chi connectivity index (χ3v) is 4.19. The molecule has 1 aromatic carbocycles. The van der Waals surface area contributed by atoms with Gasteiger partial charge >= 0.3 is 0 Å². The van der Waals surface area contributed by atoms with Crippen molar-refractivity contribution in [3.05, 3.63) is 34.9 Å². The minimum absolute atomic E-state index is 0.0332. The highest BCUT2D eigenvalue weighted by atomic mass is 35.5. The number of hydrogen-bond donors (Lipinski definition) is 1. The Morgan fingerprint density at radius 3 is 2.43 bits per heavy atom. The Balaban J connectivity index is 1.70. The number of halogens is 1. The van der Waals surface area contributed by atoms with Crippen LogP contribution in [0.1, 0.15) is 25.3 Å². The first-order chi connectivity index (χ1) is 10.1. The second kappa shape index (κ2) is 7.46. The van der Waals surface area contributed by atoms with Gasteiger partial charge in [-0.3, -0.25) is 9.59 Å². The Labute approximate surface area is 130 Å². The molecule has 1 aliphatic heterocycles. The van der Waals surface area contributed by atoms with Gasteiger partial charge in [-0.15, -0.1) is 0 Å². The van der Waals surface area contributed by atoms with Crippen LogP contribution in [0.25, 0.3) is 0 Å². The van der Waals surface area contributed by atoms with Gasteiger partial charge in [0, 0.05) is 37.5 Å². The molecule has 1 saturated heterocycles. The lowest BCUT2D eigenvalue weighted by Gasteiger charge is -2.30. The van der Waals surface area contributed by atoms with Crippen molar-refractivity contribution in [2.45, 2.75) is 26.2 Å². The summed E-state index contributed by atoms with van der Waals surface area (Å²) in [5, 5.41) is 3.71. The summed E-state index contributed by atoms with van der Waals surface area (Å²) in [6.07, 6.45) is 2.31. The van der Waals surface area contributed by atoms with Crippen molar-refractivity contribution in [3.63, 3.8) is 0 Å². The summed E-state index contributed by atoms with van der Waals surface area (Å²) in [6.45, 7) is 3.58. The third kappa shape index (κ3) is 4.74. The number of likely N-dealkylation sites (tertiary alicyclic amines) is 1. The van der Waals surface area contributed by atoms with Crippen LogP contribution < -0.4 is 5.32 Å². The molecule has 0 aliphatic carbocycles. The van der Waals surface area contributed by atoms with E-state index in [1.54, 1.807) is 11.8 Å². The molecular weight excluding hydrogens is 288 g/mol. The number of amides is 2. The van der Waals surface area contributed by atoms with Gasteiger partial charge in [-0.1, -0.05) is 23.7 Å². The number of benzene rings is 1. The molecular formula is C16H21ClN2O2. The van der Waals surface area contributed by atoms with Crippen molar-refractivity contribution in [1.29, 1.82) is 0 Å². The number of nitrogens with zero attached hydrogens (tertiary/aromatic N) is 1. The smallest absolute Gasteiger partial charge is 0.223 e. The van der Waals surface area contributed by atoms with Gasteiger partial charge in [0.25, 0.3) is 0 Å². The van der Waals surface area contributed by atoms with E-state index in [2.05, 4.69) is 5.32 Å². The fourth-order valence-corrected chi connectivity index (χ4v) is 2.71. The van der Waals surface area contributed by atoms with Crippen molar-refractivity contribution >= 4 is 23.4 Å². The Kier molecular flexibility index (Phi) is 5.62.